The third-order valence-electron chi connectivity index (χ3n) is 2.73. The second kappa shape index (κ2) is 7.04. The first kappa shape index (κ1) is 14.5. The third kappa shape index (κ3) is 3.79. The van der Waals surface area contributed by atoms with Crippen LogP contribution in [0.4, 0.5) is 0 Å². The molecule has 108 valence electrons. The van der Waals surface area contributed by atoms with Crippen molar-refractivity contribution in [2.45, 2.75) is 0 Å². The van der Waals surface area contributed by atoms with Crippen LogP contribution < -0.4 is 15.2 Å². The Labute approximate surface area is 122 Å². The number of rotatable bonds is 5. The molecular weight excluding hydrogens is 268 g/mol. The molecule has 0 atom stereocenters. The van der Waals surface area contributed by atoms with Gasteiger partial charge in [-0.2, -0.15) is 5.10 Å². The molecule has 0 bridgehead atoms. The van der Waals surface area contributed by atoms with Crippen molar-refractivity contribution in [3.63, 3.8) is 0 Å². The van der Waals surface area contributed by atoms with E-state index in [-0.39, 0.29) is 5.84 Å². The van der Waals surface area contributed by atoms with Gasteiger partial charge in [0.25, 0.3) is 0 Å². The Morgan fingerprint density at radius 2 is 2.05 bits per heavy atom. The van der Waals surface area contributed by atoms with Gasteiger partial charge in [0.05, 0.1) is 20.4 Å². The number of nitrogens with zero attached hydrogens (tertiary/aromatic N) is 3. The number of amidine groups is 1. The Hall–Kier alpha value is -2.89. The number of benzene rings is 1. The summed E-state index contributed by atoms with van der Waals surface area (Å²) < 4.78 is 10.4. The van der Waals surface area contributed by atoms with E-state index < -0.39 is 0 Å². The van der Waals surface area contributed by atoms with Crippen LogP contribution >= 0.6 is 0 Å². The summed E-state index contributed by atoms with van der Waals surface area (Å²) in [7, 11) is 3.19. The van der Waals surface area contributed by atoms with Crippen LogP contribution in [0.5, 0.6) is 11.5 Å². The number of hydrogen-bond donors (Lipinski definition) is 1. The first-order chi connectivity index (χ1) is 10.2. The molecule has 0 aliphatic carbocycles. The largest absolute Gasteiger partial charge is 0.497 e. The fourth-order valence-corrected chi connectivity index (χ4v) is 1.66. The van der Waals surface area contributed by atoms with Crippen LogP contribution in [0.2, 0.25) is 0 Å². The van der Waals surface area contributed by atoms with Gasteiger partial charge in [0.2, 0.25) is 0 Å². The Balaban J connectivity index is 2.21. The SMILES string of the molecule is COc1ccc(OC)c(/C=N\N=C(\N)c2ccccn2)c1. The van der Waals surface area contributed by atoms with Gasteiger partial charge >= 0.3 is 0 Å². The Morgan fingerprint density at radius 3 is 2.71 bits per heavy atom. The molecule has 0 fully saturated rings. The van der Waals surface area contributed by atoms with E-state index in [1.54, 1.807) is 50.9 Å². The molecule has 2 aromatic rings. The van der Waals surface area contributed by atoms with Crippen LogP contribution in [0.25, 0.3) is 0 Å². The summed E-state index contributed by atoms with van der Waals surface area (Å²) in [5.74, 6) is 1.62. The van der Waals surface area contributed by atoms with Gasteiger partial charge in [-0.05, 0) is 30.3 Å². The van der Waals surface area contributed by atoms with Crippen molar-refractivity contribution in [1.29, 1.82) is 0 Å². The molecule has 1 heterocycles. The Morgan fingerprint density at radius 1 is 1.19 bits per heavy atom. The fraction of sp³-hybridized carbons (Fsp3) is 0.133. The number of methoxy groups -OCH3 is 2. The second-order valence-corrected chi connectivity index (χ2v) is 4.05. The minimum atomic E-state index is 0.244. The zero-order valence-electron chi connectivity index (χ0n) is 11.9. The summed E-state index contributed by atoms with van der Waals surface area (Å²) in [6.07, 6.45) is 3.20. The van der Waals surface area contributed by atoms with E-state index in [0.29, 0.717) is 17.2 Å². The molecule has 0 aliphatic heterocycles. The van der Waals surface area contributed by atoms with Crippen molar-refractivity contribution < 1.29 is 9.47 Å². The zero-order valence-corrected chi connectivity index (χ0v) is 11.9. The molecule has 0 saturated heterocycles. The minimum Gasteiger partial charge on any atom is -0.497 e. The summed E-state index contributed by atoms with van der Waals surface area (Å²) in [5, 5.41) is 7.89. The average molecular weight is 284 g/mol. The van der Waals surface area contributed by atoms with Crippen LogP contribution in [0.3, 0.4) is 0 Å². The van der Waals surface area contributed by atoms with Crippen molar-refractivity contribution in [1.82, 2.24) is 4.98 Å². The van der Waals surface area contributed by atoms with Crippen molar-refractivity contribution in [3.05, 3.63) is 53.9 Å². The maximum Gasteiger partial charge on any atom is 0.171 e. The number of pyridine rings is 1. The molecular formula is C15H16N4O2. The summed E-state index contributed by atoms with van der Waals surface area (Å²) in [6.45, 7) is 0. The summed E-state index contributed by atoms with van der Waals surface area (Å²) in [4.78, 5) is 4.09. The topological polar surface area (TPSA) is 82.1 Å². The first-order valence-corrected chi connectivity index (χ1v) is 6.24. The van der Waals surface area contributed by atoms with E-state index in [1.807, 2.05) is 12.1 Å². The van der Waals surface area contributed by atoms with Crippen molar-refractivity contribution in [2.24, 2.45) is 15.9 Å². The molecule has 2 rings (SSSR count). The highest BCUT2D eigenvalue weighted by atomic mass is 16.5. The van der Waals surface area contributed by atoms with Crippen molar-refractivity contribution >= 4 is 12.1 Å². The summed E-state index contributed by atoms with van der Waals surface area (Å²) in [6, 6.07) is 10.8. The van der Waals surface area contributed by atoms with Crippen molar-refractivity contribution in [3.8, 4) is 11.5 Å². The van der Waals surface area contributed by atoms with Crippen LogP contribution in [0.15, 0.2) is 52.8 Å². The molecule has 0 aliphatic rings. The molecule has 0 saturated carbocycles. The molecule has 21 heavy (non-hydrogen) atoms. The third-order valence-corrected chi connectivity index (χ3v) is 2.73. The average Bonchev–Trinajstić information content (AvgIpc) is 2.55. The van der Waals surface area contributed by atoms with Crippen LogP contribution in [0.1, 0.15) is 11.3 Å². The number of ether oxygens (including phenoxy) is 2. The van der Waals surface area contributed by atoms with Crippen molar-refractivity contribution in [2.75, 3.05) is 14.2 Å². The molecule has 6 nitrogen and oxygen atoms in total. The smallest absolute Gasteiger partial charge is 0.171 e. The Kier molecular flexibility index (Phi) is 4.87. The van der Waals surface area contributed by atoms with Crippen LogP contribution in [-0.2, 0) is 0 Å². The summed E-state index contributed by atoms with van der Waals surface area (Å²) in [5.41, 5.74) is 7.12. The molecule has 1 aromatic carbocycles. The van der Waals surface area contributed by atoms with E-state index in [0.717, 1.165) is 5.56 Å². The molecule has 0 amide bonds. The van der Waals surface area contributed by atoms with Gasteiger partial charge in [-0.25, -0.2) is 0 Å². The number of nitrogens with two attached hydrogens (primary N) is 1. The summed E-state index contributed by atoms with van der Waals surface area (Å²) >= 11 is 0. The maximum absolute atomic E-state index is 5.80. The van der Waals surface area contributed by atoms with E-state index in [4.69, 9.17) is 15.2 Å². The maximum atomic E-state index is 5.80. The number of hydrogen-bond acceptors (Lipinski definition) is 5. The first-order valence-electron chi connectivity index (χ1n) is 6.24. The van der Waals surface area contributed by atoms with Crippen LogP contribution in [-0.4, -0.2) is 31.3 Å². The van der Waals surface area contributed by atoms with Gasteiger partial charge in [-0.3, -0.25) is 4.98 Å². The molecule has 2 N–H and O–H groups in total. The quantitative estimate of drug-likeness (QED) is 0.516. The van der Waals surface area contributed by atoms with E-state index in [9.17, 15) is 0 Å². The molecule has 0 radical (unpaired) electrons. The van der Waals surface area contributed by atoms with E-state index >= 15 is 0 Å². The van der Waals surface area contributed by atoms with Gasteiger partial charge in [-0.15, -0.1) is 5.10 Å². The molecule has 1 aromatic heterocycles. The lowest BCUT2D eigenvalue weighted by Gasteiger charge is -2.06. The second-order valence-electron chi connectivity index (χ2n) is 4.05. The molecule has 6 heteroatoms. The lowest BCUT2D eigenvalue weighted by molar-refractivity contribution is 0.402. The zero-order chi connectivity index (χ0) is 15.1. The number of aromatic nitrogens is 1. The van der Waals surface area contributed by atoms with Gasteiger partial charge in [-0.1, -0.05) is 6.07 Å². The van der Waals surface area contributed by atoms with Gasteiger partial charge in [0.15, 0.2) is 5.84 Å². The highest BCUT2D eigenvalue weighted by Gasteiger charge is 2.02. The Bertz CT molecular complexity index is 654. The van der Waals surface area contributed by atoms with Gasteiger partial charge < -0.3 is 15.2 Å². The van der Waals surface area contributed by atoms with Gasteiger partial charge in [0, 0.05) is 11.8 Å². The van der Waals surface area contributed by atoms with Crippen LogP contribution in [0, 0.1) is 0 Å². The highest BCUT2D eigenvalue weighted by Crippen LogP contribution is 2.22. The normalized spacial score (nSPS) is 11.6. The van der Waals surface area contributed by atoms with E-state index in [1.165, 1.54) is 0 Å². The monoisotopic (exact) mass is 284 g/mol. The predicted molar refractivity (Wildman–Crippen MR) is 82.1 cm³/mol. The van der Waals surface area contributed by atoms with Gasteiger partial charge in [0.1, 0.15) is 17.2 Å². The molecule has 0 unspecified atom stereocenters. The highest BCUT2D eigenvalue weighted by molar-refractivity contribution is 5.96. The predicted octanol–water partition coefficient (Wildman–Crippen LogP) is 1.84. The lowest BCUT2D eigenvalue weighted by Crippen LogP contribution is -2.14. The van der Waals surface area contributed by atoms with E-state index in [2.05, 4.69) is 15.2 Å². The minimum absolute atomic E-state index is 0.244. The molecule has 0 spiro atoms. The fourth-order valence-electron chi connectivity index (χ4n) is 1.66. The standard InChI is InChI=1S/C15H16N4O2/c1-20-12-6-7-14(21-2)11(9-12)10-18-19-15(16)13-5-3-4-8-17-13/h3-10H,1-2H3,(H2,16,19)/b18-10-. The lowest BCUT2D eigenvalue weighted by atomic mass is 10.2.